The number of hydrogen-bond acceptors (Lipinski definition) is 28. The van der Waals surface area contributed by atoms with Crippen molar-refractivity contribution in [2.24, 2.45) is 0 Å². The lowest BCUT2D eigenvalue weighted by Gasteiger charge is -2.35. The maximum atomic E-state index is 14.1. The lowest BCUT2D eigenvalue weighted by atomic mass is 9.80. The van der Waals surface area contributed by atoms with Crippen LogP contribution in [0.25, 0.3) is 0 Å². The Morgan fingerprint density at radius 2 is 0.301 bits per heavy atom. The maximum Gasteiger partial charge on any atom is 0.336 e. The molecule has 28 bridgehead atoms. The fraction of sp³-hybridized carbons (Fsp3) is 0.294. The molecule has 23 rings (SSSR count). The molecule has 12 aliphatic heterocycles. The molecule has 34 heteroatoms. The van der Waals surface area contributed by atoms with Gasteiger partial charge in [-0.1, -0.05) is 55.4 Å². The van der Waals surface area contributed by atoms with Crippen LogP contribution in [0.4, 0.5) is 0 Å². The molecule has 12 heterocycles. The smallest absolute Gasteiger partial charge is 0.336 e. The first-order valence-corrected chi connectivity index (χ1v) is 44.0. The molecule has 0 amide bonds. The number of hydrogen-bond donors (Lipinski definition) is 6. The Hall–Kier alpha value is -16.2. The average Bonchev–Trinajstić information content (AvgIpc) is 0.726. The topological polar surface area (TPSA) is 427 Å². The number of carboxylic acids is 6. The summed E-state index contributed by atoms with van der Waals surface area (Å²) in [6.07, 6.45) is 0. The van der Waals surface area contributed by atoms with Crippen molar-refractivity contribution in [3.63, 3.8) is 0 Å². The first kappa shape index (κ1) is 84.1. The molecular formula is C102H82O34. The lowest BCUT2D eigenvalue weighted by molar-refractivity contribution is 0.0671. The summed E-state index contributed by atoms with van der Waals surface area (Å²) in [5.41, 5.74) is 4.38. The van der Waals surface area contributed by atoms with Crippen molar-refractivity contribution in [3.8, 4) is 126 Å². The summed E-state index contributed by atoms with van der Waals surface area (Å²) in [6.45, 7) is 6.61. The van der Waals surface area contributed by atoms with Gasteiger partial charge in [0.1, 0.15) is 62.6 Å². The number of rotatable bonds is 6. The molecule has 0 aromatic heterocycles. The van der Waals surface area contributed by atoms with E-state index >= 15 is 0 Å². The zero-order chi connectivity index (χ0) is 93.7. The molecule has 8 atom stereocenters. The second kappa shape index (κ2) is 31.8. The zero-order valence-corrected chi connectivity index (χ0v) is 73.9. The van der Waals surface area contributed by atoms with Gasteiger partial charge < -0.3 is 135 Å². The van der Waals surface area contributed by atoms with Crippen LogP contribution in [-0.2, 0) is 39.6 Å². The van der Waals surface area contributed by atoms with Crippen LogP contribution in [0.5, 0.6) is 126 Å². The van der Waals surface area contributed by atoms with Crippen molar-refractivity contribution in [2.75, 3.05) is 54.3 Å². The van der Waals surface area contributed by atoms with Gasteiger partial charge in [-0.3, -0.25) is 0 Å². The van der Waals surface area contributed by atoms with Crippen molar-refractivity contribution in [2.45, 2.75) is 142 Å². The van der Waals surface area contributed by atoms with E-state index in [1.807, 2.05) is 104 Å². The Kier molecular flexibility index (Phi) is 19.7. The Labute approximate surface area is 771 Å². The molecule has 34 nitrogen and oxygen atoms in total. The molecule has 12 aliphatic rings. The number of fused-ring (bicyclic) bond motifs is 16. The fourth-order valence-corrected chi connectivity index (χ4v) is 20.9. The highest BCUT2D eigenvalue weighted by molar-refractivity contribution is 5.98. The quantitative estimate of drug-likeness (QED) is 0.0900. The normalized spacial score (nSPS) is 20.1. The van der Waals surface area contributed by atoms with E-state index in [9.17, 15) is 59.4 Å². The lowest BCUT2D eigenvalue weighted by Crippen LogP contribution is -2.23. The average molecular weight is 1850 g/mol. The predicted octanol–water partition coefficient (Wildman–Crippen LogP) is 17.6. The van der Waals surface area contributed by atoms with Gasteiger partial charge >= 0.3 is 35.8 Å². The van der Waals surface area contributed by atoms with Gasteiger partial charge in [0.05, 0.1) is 33.4 Å². The van der Waals surface area contributed by atoms with E-state index in [0.29, 0.717) is 112 Å². The van der Waals surface area contributed by atoms with Gasteiger partial charge in [-0.15, -0.1) is 0 Å². The number of carboxylic acid groups (broad SMARTS) is 6. The molecule has 8 unspecified atom stereocenters. The van der Waals surface area contributed by atoms with E-state index in [1.165, 1.54) is 18.2 Å². The second-order valence-corrected chi connectivity index (χ2v) is 35.2. The molecule has 0 saturated heterocycles. The third kappa shape index (κ3) is 13.1. The summed E-state index contributed by atoms with van der Waals surface area (Å²) in [4.78, 5) is 84.5. The summed E-state index contributed by atoms with van der Waals surface area (Å²) in [7, 11) is 0. The van der Waals surface area contributed by atoms with E-state index < -0.39 is 211 Å². The van der Waals surface area contributed by atoms with Gasteiger partial charge in [0.25, 0.3) is 0 Å². The highest BCUT2D eigenvalue weighted by Crippen LogP contribution is 2.64. The Morgan fingerprint density at radius 3 is 0.449 bits per heavy atom. The van der Waals surface area contributed by atoms with Crippen LogP contribution >= 0.6 is 0 Å². The number of aromatic carboxylic acids is 6. The Balaban J connectivity index is 0.858. The Bertz CT molecular complexity index is 6400. The number of ether oxygens (including phenoxy) is 22. The van der Waals surface area contributed by atoms with Crippen LogP contribution in [0.2, 0.25) is 0 Å². The van der Waals surface area contributed by atoms with E-state index in [0.717, 1.165) is 18.2 Å². The SMILES string of the molecule is CC1c2cc3c4cc2OCOc2c1cc1c5c2OCc2cc(c(C(=O)O)cc2C(=O)O)COc2c6c7cc8c2OCOc2c(cc9c%10c2OCc2cc(c(C(=O)O)cc2C(=O)O)COc2c(c(cc%11c2OCOc2c(cc(c(c2OCc2cc(c(C(=O)O)cc2C(=O)O)COc2c%12c(cc(c2OCO%10)C9C)C(C)c2cc(c(cc2OCO%12)OCO6)C7C)OCO4)C3C)C%11C)C1C)OCO5)C8C. The van der Waals surface area contributed by atoms with Gasteiger partial charge in [0.2, 0.25) is 88.8 Å². The van der Waals surface area contributed by atoms with Gasteiger partial charge in [-0.05, 0) is 84.9 Å². The third-order valence-corrected chi connectivity index (χ3v) is 28.1. The minimum absolute atomic E-state index is 0.00297. The van der Waals surface area contributed by atoms with Crippen molar-refractivity contribution >= 4 is 35.8 Å². The molecule has 6 N–H and O–H groups in total. The van der Waals surface area contributed by atoms with E-state index in [-0.39, 0.29) is 137 Å². The molecular weight excluding hydrogens is 1770 g/mol. The number of benzene rings is 11. The third-order valence-electron chi connectivity index (χ3n) is 28.1. The van der Waals surface area contributed by atoms with Crippen molar-refractivity contribution in [3.05, 3.63) is 253 Å². The molecule has 0 aliphatic carbocycles. The van der Waals surface area contributed by atoms with Crippen LogP contribution in [0, 0.1) is 0 Å². The minimum atomic E-state index is -1.54. The van der Waals surface area contributed by atoms with E-state index in [2.05, 4.69) is 0 Å². The van der Waals surface area contributed by atoms with Crippen LogP contribution in [-0.4, -0.2) is 121 Å². The molecule has 694 valence electrons. The fourth-order valence-electron chi connectivity index (χ4n) is 20.9. The highest BCUT2D eigenvalue weighted by atomic mass is 16.7. The van der Waals surface area contributed by atoms with Gasteiger partial charge in [0.15, 0.2) is 69.0 Å². The second-order valence-electron chi connectivity index (χ2n) is 35.2. The summed E-state index contributed by atoms with van der Waals surface area (Å²) >= 11 is 0. The number of carbonyl (C=O) groups is 6. The molecule has 0 spiro atoms. The molecule has 0 fully saturated rings. The van der Waals surface area contributed by atoms with Gasteiger partial charge in [-0.2, -0.15) is 0 Å². The molecule has 0 radical (unpaired) electrons. The van der Waals surface area contributed by atoms with Crippen molar-refractivity contribution in [1.82, 2.24) is 0 Å². The minimum Gasteiger partial charge on any atom is -0.482 e. The van der Waals surface area contributed by atoms with Crippen LogP contribution in [0.15, 0.2) is 97.1 Å². The van der Waals surface area contributed by atoms with E-state index in [4.69, 9.17) is 104 Å². The summed E-state index contributed by atoms with van der Waals surface area (Å²) in [5.74, 6) is -14.7. The highest BCUT2D eigenvalue weighted by Gasteiger charge is 2.46. The monoisotopic (exact) mass is 1850 g/mol. The summed E-state index contributed by atoms with van der Waals surface area (Å²) in [6, 6.07) is 25.9. The zero-order valence-electron chi connectivity index (χ0n) is 73.9. The first-order chi connectivity index (χ1) is 65.7. The van der Waals surface area contributed by atoms with Crippen LogP contribution < -0.4 is 104 Å². The maximum absolute atomic E-state index is 14.1. The predicted molar refractivity (Wildman–Crippen MR) is 468 cm³/mol. The van der Waals surface area contributed by atoms with Gasteiger partial charge in [0, 0.05) is 182 Å². The standard InChI is InChI=1S/C102H82O34/c1-39-53-12-54-40(2)58-15-62-44(6)66-18-65-43(5)61-14-57(39)79-91-83(61)129-35-133-87(65)95-88(66)134-36-130-84(62)92(80(58)126-32-122-76(54)23-75(53)121-31-125-79)116-27-49-10-50(72(100(109)110)21-71(49)99(107)108)28-118-94-82-60-17-64-46(8)68-19-67-45(7)63-16-59-41(3)55-13-56(42(60)4)78(124-34-128-82)24-77(55)123-33-127-81(59)93(117-26-48-9-47(25-115-91)69(97(103)104)20-70(48)98(105)106)85(63)131-37-135-89(67)96(90(68)136-38-132-86(64)94)120-30-52-11-51(29-119-95)73(101(111)112)22-74(52)102(113)114/h9-24,39-46H,25-38H2,1-8H3,(H,103,104)(H,105,106)(H,107,108)(H,109,110)(H,111,112)(H,113,114). The molecule has 11 aromatic rings. The molecule has 136 heavy (non-hydrogen) atoms. The summed E-state index contributed by atoms with van der Waals surface area (Å²) < 4.78 is 153. The van der Waals surface area contributed by atoms with Crippen molar-refractivity contribution < 1.29 is 164 Å². The molecule has 11 aromatic carbocycles. The van der Waals surface area contributed by atoms with E-state index in [1.54, 1.807) is 12.1 Å². The largest absolute Gasteiger partial charge is 0.482 e. The van der Waals surface area contributed by atoms with Crippen LogP contribution in [0.1, 0.15) is 287 Å². The molecule has 0 saturated carbocycles. The van der Waals surface area contributed by atoms with Gasteiger partial charge in [-0.25, -0.2) is 28.8 Å². The summed E-state index contributed by atoms with van der Waals surface area (Å²) in [5, 5.41) is 68.7. The Morgan fingerprint density at radius 1 is 0.169 bits per heavy atom. The first-order valence-electron chi connectivity index (χ1n) is 44.0. The van der Waals surface area contributed by atoms with Crippen molar-refractivity contribution in [1.29, 1.82) is 0 Å². The van der Waals surface area contributed by atoms with Crippen LogP contribution in [0.3, 0.4) is 0 Å².